The predicted octanol–water partition coefficient (Wildman–Crippen LogP) is 1.54. The minimum absolute atomic E-state index is 0.390. The molecule has 0 amide bonds. The lowest BCUT2D eigenvalue weighted by Crippen LogP contribution is -2.18. The second-order valence-electron chi connectivity index (χ2n) is 3.65. The summed E-state index contributed by atoms with van der Waals surface area (Å²) < 4.78 is 0. The number of aromatic nitrogens is 2. The van der Waals surface area contributed by atoms with Crippen molar-refractivity contribution in [2.75, 3.05) is 7.05 Å². The topological polar surface area (TPSA) is 37.8 Å². The van der Waals surface area contributed by atoms with Gasteiger partial charge in [0.25, 0.3) is 0 Å². The molecule has 1 N–H and O–H groups in total. The molecule has 1 aliphatic rings. The second kappa shape index (κ2) is 3.83. The van der Waals surface area contributed by atoms with Crippen LogP contribution in [0.5, 0.6) is 0 Å². The molecule has 1 aromatic rings. The highest BCUT2D eigenvalue weighted by atomic mass is 14.9. The van der Waals surface area contributed by atoms with Gasteiger partial charge in [-0.25, -0.2) is 0 Å². The minimum Gasteiger partial charge on any atom is -0.312 e. The predicted molar refractivity (Wildman–Crippen MR) is 51.2 cm³/mol. The van der Waals surface area contributed by atoms with Crippen LogP contribution in [-0.4, -0.2) is 17.0 Å². The zero-order valence-electron chi connectivity index (χ0n) is 7.90. The monoisotopic (exact) mass is 177 g/mol. The van der Waals surface area contributed by atoms with Crippen molar-refractivity contribution in [1.82, 2.24) is 15.3 Å². The summed E-state index contributed by atoms with van der Waals surface area (Å²) in [6.45, 7) is 0. The fourth-order valence-electron chi connectivity index (χ4n) is 1.56. The first-order valence-electron chi connectivity index (χ1n) is 4.83. The van der Waals surface area contributed by atoms with E-state index in [-0.39, 0.29) is 0 Å². The molecular formula is C10H15N3. The van der Waals surface area contributed by atoms with Gasteiger partial charge in [-0.05, 0) is 19.4 Å². The Labute approximate surface area is 78.6 Å². The maximum atomic E-state index is 4.31. The third-order valence-corrected chi connectivity index (χ3v) is 2.55. The number of hydrogen-bond donors (Lipinski definition) is 1. The molecule has 70 valence electrons. The van der Waals surface area contributed by atoms with Crippen LogP contribution in [0.25, 0.3) is 0 Å². The van der Waals surface area contributed by atoms with Gasteiger partial charge in [0.2, 0.25) is 0 Å². The summed E-state index contributed by atoms with van der Waals surface area (Å²) >= 11 is 0. The molecule has 13 heavy (non-hydrogen) atoms. The second-order valence-corrected chi connectivity index (χ2v) is 3.65. The van der Waals surface area contributed by atoms with Crippen molar-refractivity contribution in [3.05, 3.63) is 24.3 Å². The van der Waals surface area contributed by atoms with Gasteiger partial charge in [0.15, 0.2) is 0 Å². The molecule has 1 aliphatic carbocycles. The van der Waals surface area contributed by atoms with Crippen LogP contribution in [0.15, 0.2) is 18.6 Å². The summed E-state index contributed by atoms with van der Waals surface area (Å²) in [5.41, 5.74) is 1.07. The van der Waals surface area contributed by atoms with Crippen LogP contribution in [0.1, 0.15) is 31.0 Å². The molecule has 0 bridgehead atoms. The molecule has 1 unspecified atom stereocenters. The Balaban J connectivity index is 2.02. The Hall–Kier alpha value is -0.960. The fraction of sp³-hybridized carbons (Fsp3) is 0.600. The molecule has 0 spiro atoms. The quantitative estimate of drug-likeness (QED) is 0.758. The highest BCUT2D eigenvalue weighted by Gasteiger charge is 2.25. The molecule has 0 saturated heterocycles. The van der Waals surface area contributed by atoms with Crippen LogP contribution in [-0.2, 0) is 0 Å². The van der Waals surface area contributed by atoms with Crippen LogP contribution in [0, 0.1) is 5.92 Å². The number of nitrogens with one attached hydrogen (secondary N) is 1. The first-order valence-corrected chi connectivity index (χ1v) is 4.83. The van der Waals surface area contributed by atoms with Crippen LogP contribution >= 0.6 is 0 Å². The lowest BCUT2D eigenvalue weighted by atomic mass is 10.1. The third-order valence-electron chi connectivity index (χ3n) is 2.55. The molecule has 0 aliphatic heterocycles. The Bertz CT molecular complexity index is 256. The Morgan fingerprint density at radius 3 is 2.92 bits per heavy atom. The molecule has 1 aromatic heterocycles. The van der Waals surface area contributed by atoms with Crippen molar-refractivity contribution in [3.8, 4) is 0 Å². The molecule has 0 aromatic carbocycles. The van der Waals surface area contributed by atoms with Gasteiger partial charge in [-0.15, -0.1) is 0 Å². The van der Waals surface area contributed by atoms with E-state index >= 15 is 0 Å². The fourth-order valence-corrected chi connectivity index (χ4v) is 1.56. The van der Waals surface area contributed by atoms with E-state index in [1.807, 2.05) is 13.2 Å². The van der Waals surface area contributed by atoms with Crippen LogP contribution in [0.4, 0.5) is 0 Å². The van der Waals surface area contributed by atoms with Gasteiger partial charge >= 0.3 is 0 Å². The van der Waals surface area contributed by atoms with Gasteiger partial charge < -0.3 is 5.32 Å². The SMILES string of the molecule is CNC(CC1CC1)c1cnccn1. The van der Waals surface area contributed by atoms with E-state index in [0.717, 1.165) is 11.6 Å². The maximum absolute atomic E-state index is 4.31. The molecule has 2 rings (SSSR count). The van der Waals surface area contributed by atoms with Gasteiger partial charge in [0, 0.05) is 18.6 Å². The highest BCUT2D eigenvalue weighted by Crippen LogP contribution is 2.36. The summed E-state index contributed by atoms with van der Waals surface area (Å²) in [5, 5.41) is 3.29. The summed E-state index contributed by atoms with van der Waals surface area (Å²) in [6, 6.07) is 0.390. The van der Waals surface area contributed by atoms with E-state index in [0.29, 0.717) is 6.04 Å². The van der Waals surface area contributed by atoms with Crippen LogP contribution in [0.2, 0.25) is 0 Å². The molecular weight excluding hydrogens is 162 g/mol. The van der Waals surface area contributed by atoms with Crippen molar-refractivity contribution in [1.29, 1.82) is 0 Å². The molecule has 1 atom stereocenters. The van der Waals surface area contributed by atoms with E-state index < -0.39 is 0 Å². The molecule has 1 saturated carbocycles. The Morgan fingerprint density at radius 2 is 2.38 bits per heavy atom. The van der Waals surface area contributed by atoms with Crippen molar-refractivity contribution in [3.63, 3.8) is 0 Å². The standard InChI is InChI=1S/C10H15N3/c1-11-9(6-8-2-3-8)10-7-12-4-5-13-10/h4-5,7-9,11H,2-3,6H2,1H3. The summed E-state index contributed by atoms with van der Waals surface area (Å²) in [5.74, 6) is 0.916. The minimum atomic E-state index is 0.390. The first-order chi connectivity index (χ1) is 6.40. The van der Waals surface area contributed by atoms with Crippen molar-refractivity contribution >= 4 is 0 Å². The molecule has 1 heterocycles. The van der Waals surface area contributed by atoms with Gasteiger partial charge in [0.05, 0.1) is 11.7 Å². The van der Waals surface area contributed by atoms with Crippen molar-refractivity contribution in [2.45, 2.75) is 25.3 Å². The lowest BCUT2D eigenvalue weighted by Gasteiger charge is -2.13. The first kappa shape index (κ1) is 8.63. The molecule has 1 fully saturated rings. The molecule has 3 heteroatoms. The average molecular weight is 177 g/mol. The van der Waals surface area contributed by atoms with Crippen LogP contribution in [0.3, 0.4) is 0 Å². The zero-order valence-corrected chi connectivity index (χ0v) is 7.90. The zero-order chi connectivity index (χ0) is 9.10. The molecule has 3 nitrogen and oxygen atoms in total. The Morgan fingerprint density at radius 1 is 1.54 bits per heavy atom. The number of nitrogens with zero attached hydrogens (tertiary/aromatic N) is 2. The highest BCUT2D eigenvalue weighted by molar-refractivity contribution is 5.03. The van der Waals surface area contributed by atoms with Gasteiger partial charge in [-0.3, -0.25) is 9.97 Å². The van der Waals surface area contributed by atoms with Crippen molar-refractivity contribution in [2.24, 2.45) is 5.92 Å². The number of hydrogen-bond acceptors (Lipinski definition) is 3. The average Bonchev–Trinajstić information content (AvgIpc) is 2.99. The lowest BCUT2D eigenvalue weighted by molar-refractivity contribution is 0.501. The van der Waals surface area contributed by atoms with E-state index in [1.165, 1.54) is 19.3 Å². The van der Waals surface area contributed by atoms with Gasteiger partial charge in [0.1, 0.15) is 0 Å². The maximum Gasteiger partial charge on any atom is 0.0756 e. The van der Waals surface area contributed by atoms with Gasteiger partial charge in [-0.2, -0.15) is 0 Å². The molecule has 0 radical (unpaired) electrons. The van der Waals surface area contributed by atoms with E-state index in [2.05, 4.69) is 15.3 Å². The normalized spacial score (nSPS) is 18.5. The summed E-state index contributed by atoms with van der Waals surface area (Å²) in [7, 11) is 1.99. The van der Waals surface area contributed by atoms with E-state index in [1.54, 1.807) is 12.4 Å². The third kappa shape index (κ3) is 2.25. The summed E-state index contributed by atoms with van der Waals surface area (Å²) in [6.07, 6.45) is 9.30. The van der Waals surface area contributed by atoms with Crippen LogP contribution < -0.4 is 5.32 Å². The summed E-state index contributed by atoms with van der Waals surface area (Å²) in [4.78, 5) is 8.38. The smallest absolute Gasteiger partial charge is 0.0756 e. The Kier molecular flexibility index (Phi) is 2.54. The van der Waals surface area contributed by atoms with E-state index in [9.17, 15) is 0 Å². The number of rotatable bonds is 4. The van der Waals surface area contributed by atoms with E-state index in [4.69, 9.17) is 0 Å². The van der Waals surface area contributed by atoms with Crippen molar-refractivity contribution < 1.29 is 0 Å². The largest absolute Gasteiger partial charge is 0.312 e. The van der Waals surface area contributed by atoms with Gasteiger partial charge in [-0.1, -0.05) is 12.8 Å².